The predicted octanol–water partition coefficient (Wildman–Crippen LogP) is 6.92. The Bertz CT molecular complexity index is 1050. The van der Waals surface area contributed by atoms with Gasteiger partial charge in [-0.3, -0.25) is 0 Å². The molecular formula is C21H17ClN2S2. The maximum absolute atomic E-state index is 6.53. The minimum absolute atomic E-state index is 0.526. The second kappa shape index (κ2) is 7.39. The molecular weight excluding hydrogens is 380 g/mol. The lowest BCUT2D eigenvalue weighted by molar-refractivity contribution is 1.01. The molecule has 4 rings (SSSR count). The Morgan fingerprint density at radius 2 is 1.58 bits per heavy atom. The van der Waals surface area contributed by atoms with Gasteiger partial charge < -0.3 is 0 Å². The number of thioether (sulfide) groups is 1. The molecule has 0 amide bonds. The van der Waals surface area contributed by atoms with Gasteiger partial charge in [0.2, 0.25) is 0 Å². The Morgan fingerprint density at radius 1 is 0.923 bits per heavy atom. The van der Waals surface area contributed by atoms with Crippen LogP contribution < -0.4 is 0 Å². The van der Waals surface area contributed by atoms with Crippen LogP contribution in [0, 0.1) is 13.8 Å². The first-order chi connectivity index (χ1) is 12.6. The van der Waals surface area contributed by atoms with Crippen LogP contribution in [0.1, 0.15) is 16.7 Å². The summed E-state index contributed by atoms with van der Waals surface area (Å²) in [6.07, 6.45) is 0. The van der Waals surface area contributed by atoms with Crippen molar-refractivity contribution in [3.05, 3.63) is 75.8 Å². The molecule has 130 valence electrons. The monoisotopic (exact) mass is 396 g/mol. The first-order valence-electron chi connectivity index (χ1n) is 8.30. The highest BCUT2D eigenvalue weighted by Crippen LogP contribution is 2.38. The number of halogens is 1. The highest BCUT2D eigenvalue weighted by atomic mass is 35.5. The first-order valence-corrected chi connectivity index (χ1v) is 10.5. The molecule has 2 nitrogen and oxygen atoms in total. The SMILES string of the molecule is Cc1ccc(CSc2nc(Cl)c3c(-c4ccc(C)cc4)csc3n2)cc1. The summed E-state index contributed by atoms with van der Waals surface area (Å²) < 4.78 is 0. The third kappa shape index (κ3) is 3.63. The second-order valence-electron chi connectivity index (χ2n) is 6.27. The largest absolute Gasteiger partial charge is 0.211 e. The number of hydrogen-bond acceptors (Lipinski definition) is 4. The van der Waals surface area contributed by atoms with Crippen LogP contribution in [0.15, 0.2) is 59.1 Å². The lowest BCUT2D eigenvalue weighted by atomic mass is 10.1. The molecule has 0 spiro atoms. The van der Waals surface area contributed by atoms with Crippen molar-refractivity contribution in [1.29, 1.82) is 0 Å². The van der Waals surface area contributed by atoms with E-state index in [2.05, 4.69) is 72.7 Å². The fourth-order valence-electron chi connectivity index (χ4n) is 2.72. The smallest absolute Gasteiger partial charge is 0.190 e. The lowest BCUT2D eigenvalue weighted by Crippen LogP contribution is -1.90. The normalized spacial score (nSPS) is 11.2. The highest BCUT2D eigenvalue weighted by Gasteiger charge is 2.14. The summed E-state index contributed by atoms with van der Waals surface area (Å²) in [4.78, 5) is 10.2. The quantitative estimate of drug-likeness (QED) is 0.212. The zero-order valence-electron chi connectivity index (χ0n) is 14.5. The number of hydrogen-bond donors (Lipinski definition) is 0. The topological polar surface area (TPSA) is 25.8 Å². The molecule has 2 aromatic carbocycles. The molecule has 0 bridgehead atoms. The minimum atomic E-state index is 0.526. The molecule has 0 aliphatic rings. The van der Waals surface area contributed by atoms with Crippen LogP contribution in [0.4, 0.5) is 0 Å². The van der Waals surface area contributed by atoms with Gasteiger partial charge in [-0.05, 0) is 25.0 Å². The van der Waals surface area contributed by atoms with Gasteiger partial charge in [-0.1, -0.05) is 83.0 Å². The Morgan fingerprint density at radius 3 is 2.27 bits per heavy atom. The van der Waals surface area contributed by atoms with Crippen LogP contribution in [-0.4, -0.2) is 9.97 Å². The highest BCUT2D eigenvalue weighted by molar-refractivity contribution is 7.98. The number of nitrogens with zero attached hydrogens (tertiary/aromatic N) is 2. The van der Waals surface area contributed by atoms with Crippen molar-refractivity contribution in [2.45, 2.75) is 24.8 Å². The van der Waals surface area contributed by atoms with Crippen LogP contribution in [0.2, 0.25) is 5.15 Å². The van der Waals surface area contributed by atoms with E-state index in [4.69, 9.17) is 16.6 Å². The number of benzene rings is 2. The summed E-state index contributed by atoms with van der Waals surface area (Å²) >= 11 is 9.77. The molecule has 26 heavy (non-hydrogen) atoms. The van der Waals surface area contributed by atoms with E-state index in [0.717, 1.165) is 32.3 Å². The van der Waals surface area contributed by atoms with E-state index >= 15 is 0 Å². The molecule has 0 radical (unpaired) electrons. The van der Waals surface area contributed by atoms with E-state index in [9.17, 15) is 0 Å². The Hall–Kier alpha value is -1.88. The van der Waals surface area contributed by atoms with E-state index in [1.165, 1.54) is 16.7 Å². The Kier molecular flexibility index (Phi) is 4.98. The van der Waals surface area contributed by atoms with Gasteiger partial charge in [0.1, 0.15) is 9.98 Å². The van der Waals surface area contributed by atoms with E-state index in [1.54, 1.807) is 23.1 Å². The lowest BCUT2D eigenvalue weighted by Gasteiger charge is -2.05. The van der Waals surface area contributed by atoms with E-state index in [1.807, 2.05) is 0 Å². The van der Waals surface area contributed by atoms with Crippen LogP contribution in [-0.2, 0) is 5.75 Å². The second-order valence-corrected chi connectivity index (χ2v) is 8.43. The fraction of sp³-hybridized carbons (Fsp3) is 0.143. The van der Waals surface area contributed by atoms with Gasteiger partial charge in [0.25, 0.3) is 0 Å². The van der Waals surface area contributed by atoms with Gasteiger partial charge in [0, 0.05) is 16.7 Å². The van der Waals surface area contributed by atoms with Crippen LogP contribution in [0.5, 0.6) is 0 Å². The predicted molar refractivity (Wildman–Crippen MR) is 113 cm³/mol. The van der Waals surface area contributed by atoms with Crippen LogP contribution in [0.25, 0.3) is 21.3 Å². The summed E-state index contributed by atoms with van der Waals surface area (Å²) in [5, 5.41) is 4.31. The van der Waals surface area contributed by atoms with Crippen molar-refractivity contribution in [2.24, 2.45) is 0 Å². The van der Waals surface area contributed by atoms with E-state index in [0.29, 0.717) is 5.15 Å². The van der Waals surface area contributed by atoms with Gasteiger partial charge in [-0.25, -0.2) is 9.97 Å². The van der Waals surface area contributed by atoms with Crippen molar-refractivity contribution in [2.75, 3.05) is 0 Å². The molecule has 0 atom stereocenters. The van der Waals surface area contributed by atoms with Crippen molar-refractivity contribution >= 4 is 44.9 Å². The minimum Gasteiger partial charge on any atom is -0.211 e. The summed E-state index contributed by atoms with van der Waals surface area (Å²) in [7, 11) is 0. The molecule has 0 N–H and O–H groups in total. The zero-order chi connectivity index (χ0) is 18.1. The maximum atomic E-state index is 6.53. The van der Waals surface area contributed by atoms with E-state index < -0.39 is 0 Å². The number of fused-ring (bicyclic) bond motifs is 1. The van der Waals surface area contributed by atoms with Gasteiger partial charge in [0.15, 0.2) is 5.16 Å². The van der Waals surface area contributed by atoms with Crippen molar-refractivity contribution in [3.8, 4) is 11.1 Å². The third-order valence-electron chi connectivity index (χ3n) is 4.22. The first kappa shape index (κ1) is 17.5. The molecule has 0 unspecified atom stereocenters. The van der Waals surface area contributed by atoms with Gasteiger partial charge in [-0.15, -0.1) is 11.3 Å². The average molecular weight is 397 g/mol. The number of thiophene rings is 1. The number of aromatic nitrogens is 2. The molecule has 5 heteroatoms. The molecule has 0 saturated heterocycles. The third-order valence-corrected chi connectivity index (χ3v) is 6.28. The van der Waals surface area contributed by atoms with Crippen molar-refractivity contribution in [3.63, 3.8) is 0 Å². The molecule has 0 fully saturated rings. The molecule has 0 aliphatic heterocycles. The van der Waals surface area contributed by atoms with Gasteiger partial charge >= 0.3 is 0 Å². The van der Waals surface area contributed by atoms with Crippen LogP contribution in [0.3, 0.4) is 0 Å². The summed E-state index contributed by atoms with van der Waals surface area (Å²) in [6, 6.07) is 17.0. The standard InChI is InChI=1S/C21H17ClN2S2/c1-13-3-7-15(8-4-13)11-26-21-23-19(22)18-17(12-25-20(18)24-21)16-9-5-14(2)6-10-16/h3-10,12H,11H2,1-2H3. The Balaban J connectivity index is 1.63. The number of rotatable bonds is 4. The fourth-order valence-corrected chi connectivity index (χ4v) is 4.91. The zero-order valence-corrected chi connectivity index (χ0v) is 16.9. The molecule has 0 aliphatic carbocycles. The Labute approximate surface area is 166 Å². The van der Waals surface area contributed by atoms with E-state index in [-0.39, 0.29) is 0 Å². The maximum Gasteiger partial charge on any atom is 0.190 e. The van der Waals surface area contributed by atoms with Gasteiger partial charge in [-0.2, -0.15) is 0 Å². The van der Waals surface area contributed by atoms with Crippen molar-refractivity contribution in [1.82, 2.24) is 9.97 Å². The molecule has 2 heterocycles. The summed E-state index contributed by atoms with van der Waals surface area (Å²) in [6.45, 7) is 4.18. The summed E-state index contributed by atoms with van der Waals surface area (Å²) in [5.41, 5.74) is 6.01. The van der Waals surface area contributed by atoms with Gasteiger partial charge in [0.05, 0.1) is 5.39 Å². The molecule has 0 saturated carbocycles. The molecule has 4 aromatic rings. The van der Waals surface area contributed by atoms with Crippen LogP contribution >= 0.6 is 34.7 Å². The molecule has 2 aromatic heterocycles. The van der Waals surface area contributed by atoms with Crippen molar-refractivity contribution < 1.29 is 0 Å². The summed E-state index contributed by atoms with van der Waals surface area (Å²) in [5.74, 6) is 0.832. The average Bonchev–Trinajstić information content (AvgIpc) is 3.06. The number of aryl methyl sites for hydroxylation is 2.